The summed E-state index contributed by atoms with van der Waals surface area (Å²) in [6.07, 6.45) is -0.0619. The van der Waals surface area contributed by atoms with Crippen LogP contribution in [0.25, 0.3) is 0 Å². The second-order valence-electron chi connectivity index (χ2n) is 5.26. The van der Waals surface area contributed by atoms with E-state index in [-0.39, 0.29) is 5.78 Å². The van der Waals surface area contributed by atoms with Crippen molar-refractivity contribution in [1.29, 1.82) is 0 Å². The second kappa shape index (κ2) is 7.19. The number of carbonyl (C=O) groups is 1. The van der Waals surface area contributed by atoms with Crippen molar-refractivity contribution in [3.8, 4) is 0 Å². The average molecular weight is 282 g/mol. The van der Waals surface area contributed by atoms with Gasteiger partial charge in [0.15, 0.2) is 5.78 Å². The highest BCUT2D eigenvalue weighted by Gasteiger charge is 2.21. The normalized spacial score (nSPS) is 12.1. The first-order valence-electron chi connectivity index (χ1n) is 7.37. The van der Waals surface area contributed by atoms with Gasteiger partial charge in [0.05, 0.1) is 0 Å². The van der Waals surface area contributed by atoms with Gasteiger partial charge in [-0.25, -0.2) is 0 Å². The molecule has 0 amide bonds. The number of ether oxygens (including phenoxy) is 1. The maximum atomic E-state index is 12.7. The van der Waals surface area contributed by atoms with Gasteiger partial charge in [-0.2, -0.15) is 0 Å². The second-order valence-corrected chi connectivity index (χ2v) is 5.26. The van der Waals surface area contributed by atoms with Crippen molar-refractivity contribution >= 4 is 5.78 Å². The minimum absolute atomic E-state index is 0.112. The Balaban J connectivity index is 2.24. The zero-order valence-electron chi connectivity index (χ0n) is 12.9. The molecular weight excluding hydrogens is 260 g/mol. The lowest BCUT2D eigenvalue weighted by atomic mass is 9.94. The van der Waals surface area contributed by atoms with Crippen molar-refractivity contribution < 1.29 is 9.53 Å². The van der Waals surface area contributed by atoms with E-state index >= 15 is 0 Å². The quantitative estimate of drug-likeness (QED) is 0.794. The first-order valence-corrected chi connectivity index (χ1v) is 7.37. The average Bonchev–Trinajstić information content (AvgIpc) is 2.49. The van der Waals surface area contributed by atoms with Crippen LogP contribution in [0, 0.1) is 13.8 Å². The number of aryl methyl sites for hydroxylation is 2. The van der Waals surface area contributed by atoms with Crippen molar-refractivity contribution in [2.45, 2.75) is 33.3 Å². The van der Waals surface area contributed by atoms with E-state index in [1.54, 1.807) is 0 Å². The lowest BCUT2D eigenvalue weighted by molar-refractivity contribution is -0.130. The highest BCUT2D eigenvalue weighted by Crippen LogP contribution is 2.22. The van der Waals surface area contributed by atoms with Crippen molar-refractivity contribution in [3.05, 3.63) is 70.8 Å². The number of ketones is 1. The van der Waals surface area contributed by atoms with Crippen LogP contribution in [0.1, 0.15) is 35.3 Å². The van der Waals surface area contributed by atoms with Gasteiger partial charge in [-0.05, 0) is 43.0 Å². The van der Waals surface area contributed by atoms with Gasteiger partial charge >= 0.3 is 0 Å². The van der Waals surface area contributed by atoms with E-state index in [2.05, 4.69) is 0 Å². The van der Waals surface area contributed by atoms with E-state index < -0.39 is 6.10 Å². The molecule has 21 heavy (non-hydrogen) atoms. The lowest BCUT2D eigenvalue weighted by Crippen LogP contribution is -2.19. The van der Waals surface area contributed by atoms with E-state index in [0.29, 0.717) is 13.0 Å². The summed E-state index contributed by atoms with van der Waals surface area (Å²) in [6, 6.07) is 15.8. The van der Waals surface area contributed by atoms with Crippen molar-refractivity contribution in [3.63, 3.8) is 0 Å². The molecule has 2 aromatic rings. The molecule has 0 fully saturated rings. The maximum absolute atomic E-state index is 12.7. The predicted octanol–water partition coefficient (Wildman–Crippen LogP) is 4.19. The van der Waals surface area contributed by atoms with Gasteiger partial charge in [-0.1, -0.05) is 48.5 Å². The maximum Gasteiger partial charge on any atom is 0.170 e. The molecule has 0 saturated carbocycles. The van der Waals surface area contributed by atoms with Crippen LogP contribution < -0.4 is 0 Å². The highest BCUT2D eigenvalue weighted by atomic mass is 16.5. The zero-order chi connectivity index (χ0) is 15.2. The summed E-state index contributed by atoms with van der Waals surface area (Å²) < 4.78 is 5.69. The van der Waals surface area contributed by atoms with Crippen molar-refractivity contribution in [1.82, 2.24) is 0 Å². The number of Topliss-reactive ketones (excluding diaryl/α,β-unsaturated/α-hetero) is 1. The molecule has 0 radical (unpaired) electrons. The Bertz CT molecular complexity index is 582. The SMILES string of the molecule is CCOC(C(=O)Cc1c(C)cccc1C)c1ccccc1. The Hall–Kier alpha value is -1.93. The standard InChI is InChI=1S/C19H22O2/c1-4-21-19(16-11-6-5-7-12-16)18(20)13-17-14(2)9-8-10-15(17)3/h5-12,19H,4,13H2,1-3H3. The minimum atomic E-state index is -0.477. The smallest absolute Gasteiger partial charge is 0.170 e. The van der Waals surface area contributed by atoms with Crippen LogP contribution in [0.15, 0.2) is 48.5 Å². The van der Waals surface area contributed by atoms with Gasteiger partial charge < -0.3 is 4.74 Å². The molecule has 0 aliphatic rings. The topological polar surface area (TPSA) is 26.3 Å². The largest absolute Gasteiger partial charge is 0.366 e. The fourth-order valence-corrected chi connectivity index (χ4v) is 2.56. The van der Waals surface area contributed by atoms with E-state index in [1.165, 1.54) is 0 Å². The molecule has 0 saturated heterocycles. The van der Waals surface area contributed by atoms with Gasteiger partial charge in [0.25, 0.3) is 0 Å². The summed E-state index contributed by atoms with van der Waals surface area (Å²) in [6.45, 7) is 6.54. The highest BCUT2D eigenvalue weighted by molar-refractivity contribution is 5.87. The number of carbonyl (C=O) groups excluding carboxylic acids is 1. The Morgan fingerprint density at radius 3 is 2.19 bits per heavy atom. The molecule has 0 aliphatic heterocycles. The van der Waals surface area contributed by atoms with Crippen LogP contribution in [0.2, 0.25) is 0 Å². The summed E-state index contributed by atoms with van der Waals surface area (Å²) >= 11 is 0. The molecule has 0 N–H and O–H groups in total. The molecule has 0 aliphatic carbocycles. The fourth-order valence-electron chi connectivity index (χ4n) is 2.56. The molecule has 110 valence electrons. The van der Waals surface area contributed by atoms with Crippen LogP contribution in [0.4, 0.5) is 0 Å². The Labute approximate surface area is 126 Å². The third-order valence-electron chi connectivity index (χ3n) is 3.72. The minimum Gasteiger partial charge on any atom is -0.366 e. The summed E-state index contributed by atoms with van der Waals surface area (Å²) in [5.74, 6) is 0.112. The van der Waals surface area contributed by atoms with Gasteiger partial charge in [-0.15, -0.1) is 0 Å². The summed E-state index contributed by atoms with van der Waals surface area (Å²) in [5, 5.41) is 0. The monoisotopic (exact) mass is 282 g/mol. The molecule has 0 aromatic heterocycles. The zero-order valence-corrected chi connectivity index (χ0v) is 12.9. The molecule has 1 atom stereocenters. The molecular formula is C19H22O2. The molecule has 1 unspecified atom stereocenters. The number of hydrogen-bond donors (Lipinski definition) is 0. The van der Waals surface area contributed by atoms with Crippen LogP contribution in [-0.2, 0) is 16.0 Å². The van der Waals surface area contributed by atoms with E-state index in [0.717, 1.165) is 22.3 Å². The summed E-state index contributed by atoms with van der Waals surface area (Å²) in [7, 11) is 0. The third-order valence-corrected chi connectivity index (χ3v) is 3.72. The molecule has 0 heterocycles. The Kier molecular flexibility index (Phi) is 5.29. The van der Waals surface area contributed by atoms with Gasteiger partial charge in [0.1, 0.15) is 6.10 Å². The van der Waals surface area contributed by atoms with Gasteiger partial charge in [-0.3, -0.25) is 4.79 Å². The van der Waals surface area contributed by atoms with E-state index in [1.807, 2.05) is 69.3 Å². The first kappa shape index (κ1) is 15.5. The lowest BCUT2D eigenvalue weighted by Gasteiger charge is -2.18. The summed E-state index contributed by atoms with van der Waals surface area (Å²) in [5.41, 5.74) is 4.36. The van der Waals surface area contributed by atoms with Crippen molar-refractivity contribution in [2.24, 2.45) is 0 Å². The van der Waals surface area contributed by atoms with Crippen LogP contribution in [0.5, 0.6) is 0 Å². The Morgan fingerprint density at radius 2 is 1.62 bits per heavy atom. The van der Waals surface area contributed by atoms with Crippen LogP contribution >= 0.6 is 0 Å². The molecule has 0 spiro atoms. The fraction of sp³-hybridized carbons (Fsp3) is 0.316. The predicted molar refractivity (Wildman–Crippen MR) is 85.4 cm³/mol. The Morgan fingerprint density at radius 1 is 1.00 bits per heavy atom. The molecule has 0 bridgehead atoms. The van der Waals surface area contributed by atoms with Crippen molar-refractivity contribution in [2.75, 3.05) is 6.61 Å². The first-order chi connectivity index (χ1) is 10.1. The third kappa shape index (κ3) is 3.79. The van der Waals surface area contributed by atoms with Gasteiger partial charge in [0, 0.05) is 13.0 Å². The van der Waals surface area contributed by atoms with E-state index in [4.69, 9.17) is 4.74 Å². The number of benzene rings is 2. The van der Waals surface area contributed by atoms with Crippen LogP contribution in [0.3, 0.4) is 0 Å². The van der Waals surface area contributed by atoms with Gasteiger partial charge in [0.2, 0.25) is 0 Å². The number of hydrogen-bond acceptors (Lipinski definition) is 2. The summed E-state index contributed by atoms with van der Waals surface area (Å²) in [4.78, 5) is 12.7. The van der Waals surface area contributed by atoms with Crippen LogP contribution in [-0.4, -0.2) is 12.4 Å². The molecule has 2 nitrogen and oxygen atoms in total. The molecule has 2 heteroatoms. The molecule has 2 rings (SSSR count). The van der Waals surface area contributed by atoms with E-state index in [9.17, 15) is 4.79 Å². The molecule has 2 aromatic carbocycles. The number of rotatable bonds is 6.